The van der Waals surface area contributed by atoms with Crippen LogP contribution in [0.1, 0.15) is 31.7 Å². The summed E-state index contributed by atoms with van der Waals surface area (Å²) in [7, 11) is -3.72. The van der Waals surface area contributed by atoms with Gasteiger partial charge in [0.2, 0.25) is 10.0 Å². The van der Waals surface area contributed by atoms with E-state index in [1.165, 1.54) is 16.4 Å². The molecule has 7 nitrogen and oxygen atoms in total. The number of nitrogens with zero attached hydrogens (tertiary/aromatic N) is 2. The molecular weight excluding hydrogens is 354 g/mol. The van der Waals surface area contributed by atoms with Gasteiger partial charge >= 0.3 is 0 Å². The van der Waals surface area contributed by atoms with E-state index in [4.69, 9.17) is 0 Å². The van der Waals surface area contributed by atoms with Crippen LogP contribution in [0.3, 0.4) is 0 Å². The molecule has 2 bridgehead atoms. The molecule has 1 aromatic rings. The summed E-state index contributed by atoms with van der Waals surface area (Å²) in [6.07, 6.45) is 3.37. The fourth-order valence-corrected chi connectivity index (χ4v) is 5.27. The van der Waals surface area contributed by atoms with Gasteiger partial charge in [-0.3, -0.25) is 10.1 Å². The highest BCUT2D eigenvalue weighted by Gasteiger charge is 2.36. The SMILES string of the molecule is CCc1ccc([N+](=O)[O-])cc1S(=O)(=O)N1CCC2CCC(C1)N2.Cl. The maximum Gasteiger partial charge on any atom is 0.270 e. The Balaban J connectivity index is 0.00000208. The monoisotopic (exact) mass is 375 g/mol. The molecule has 0 amide bonds. The molecule has 0 spiro atoms. The largest absolute Gasteiger partial charge is 0.310 e. The van der Waals surface area contributed by atoms with Gasteiger partial charge in [0, 0.05) is 37.3 Å². The highest BCUT2D eigenvalue weighted by molar-refractivity contribution is 7.89. The summed E-state index contributed by atoms with van der Waals surface area (Å²) in [6, 6.07) is 4.68. The van der Waals surface area contributed by atoms with Crippen LogP contribution in [-0.4, -0.2) is 42.8 Å². The molecule has 3 rings (SSSR count). The molecule has 2 fully saturated rings. The lowest BCUT2D eigenvalue weighted by Gasteiger charge is -2.24. The van der Waals surface area contributed by atoms with Crippen molar-refractivity contribution in [3.05, 3.63) is 33.9 Å². The van der Waals surface area contributed by atoms with E-state index in [-0.39, 0.29) is 29.0 Å². The van der Waals surface area contributed by atoms with Crippen molar-refractivity contribution in [1.82, 2.24) is 9.62 Å². The minimum absolute atomic E-state index is 0. The van der Waals surface area contributed by atoms with Crippen LogP contribution in [0, 0.1) is 10.1 Å². The topological polar surface area (TPSA) is 92.5 Å². The van der Waals surface area contributed by atoms with Crippen molar-refractivity contribution < 1.29 is 13.3 Å². The molecule has 1 N–H and O–H groups in total. The standard InChI is InChI=1S/C15H21N3O4S.ClH/c1-2-11-3-6-14(18(19)20)9-15(11)23(21,22)17-8-7-12-4-5-13(10-17)16-12;/h3,6,9,12-13,16H,2,4-5,7-8,10H2,1H3;1H. The van der Waals surface area contributed by atoms with Crippen molar-refractivity contribution in [2.24, 2.45) is 0 Å². The van der Waals surface area contributed by atoms with Crippen LogP contribution in [0.2, 0.25) is 0 Å². The van der Waals surface area contributed by atoms with E-state index in [0.717, 1.165) is 19.3 Å². The lowest BCUT2D eigenvalue weighted by atomic mass is 10.1. The summed E-state index contributed by atoms with van der Waals surface area (Å²) in [5.41, 5.74) is 0.438. The second-order valence-electron chi connectivity index (χ2n) is 6.19. The zero-order valence-electron chi connectivity index (χ0n) is 13.5. The van der Waals surface area contributed by atoms with Crippen LogP contribution in [0.5, 0.6) is 0 Å². The average molecular weight is 376 g/mol. The van der Waals surface area contributed by atoms with Crippen LogP contribution >= 0.6 is 12.4 Å². The smallest absolute Gasteiger partial charge is 0.270 e. The van der Waals surface area contributed by atoms with Gasteiger partial charge in [0.15, 0.2) is 0 Å². The molecule has 0 aliphatic carbocycles. The molecule has 2 aliphatic heterocycles. The van der Waals surface area contributed by atoms with Crippen molar-refractivity contribution in [3.8, 4) is 0 Å². The van der Waals surface area contributed by atoms with Crippen molar-refractivity contribution in [2.75, 3.05) is 13.1 Å². The van der Waals surface area contributed by atoms with E-state index >= 15 is 0 Å². The van der Waals surface area contributed by atoms with Gasteiger partial charge in [-0.15, -0.1) is 12.4 Å². The fourth-order valence-electron chi connectivity index (χ4n) is 3.46. The Bertz CT molecular complexity index is 725. The van der Waals surface area contributed by atoms with Gasteiger partial charge in [0.25, 0.3) is 5.69 Å². The number of nitro groups is 1. The molecule has 24 heavy (non-hydrogen) atoms. The maximum atomic E-state index is 13.0. The molecule has 0 saturated carbocycles. The van der Waals surface area contributed by atoms with Crippen molar-refractivity contribution in [1.29, 1.82) is 0 Å². The van der Waals surface area contributed by atoms with Crippen LogP contribution in [-0.2, 0) is 16.4 Å². The number of nitrogens with one attached hydrogen (secondary N) is 1. The minimum atomic E-state index is -3.72. The first-order chi connectivity index (χ1) is 10.9. The third-order valence-corrected chi connectivity index (χ3v) is 6.69. The number of aryl methyl sites for hydroxylation is 1. The molecule has 134 valence electrons. The third-order valence-electron chi connectivity index (χ3n) is 4.75. The number of non-ortho nitro benzene ring substituents is 1. The van der Waals surface area contributed by atoms with Gasteiger partial charge in [-0.25, -0.2) is 8.42 Å². The normalized spacial score (nSPS) is 24.2. The first-order valence-corrected chi connectivity index (χ1v) is 9.39. The highest BCUT2D eigenvalue weighted by Crippen LogP contribution is 2.29. The molecule has 1 aromatic carbocycles. The number of sulfonamides is 1. The predicted molar refractivity (Wildman–Crippen MR) is 93.0 cm³/mol. The van der Waals surface area contributed by atoms with Gasteiger partial charge in [0.05, 0.1) is 9.82 Å². The number of benzene rings is 1. The first kappa shape index (κ1) is 19.1. The van der Waals surface area contributed by atoms with Gasteiger partial charge in [-0.2, -0.15) is 4.31 Å². The molecule has 2 saturated heterocycles. The van der Waals surface area contributed by atoms with Crippen molar-refractivity contribution in [2.45, 2.75) is 49.6 Å². The maximum absolute atomic E-state index is 13.0. The quantitative estimate of drug-likeness (QED) is 0.642. The number of hydrogen-bond acceptors (Lipinski definition) is 5. The highest BCUT2D eigenvalue weighted by atomic mass is 35.5. The van der Waals surface area contributed by atoms with Crippen LogP contribution in [0.15, 0.2) is 23.1 Å². The molecule has 2 unspecified atom stereocenters. The predicted octanol–water partition coefficient (Wildman–Crippen LogP) is 2.09. The Morgan fingerprint density at radius 1 is 1.29 bits per heavy atom. The van der Waals surface area contributed by atoms with E-state index in [9.17, 15) is 18.5 Å². The zero-order chi connectivity index (χ0) is 16.6. The Kier molecular flexibility index (Phi) is 5.85. The third kappa shape index (κ3) is 3.56. The summed E-state index contributed by atoms with van der Waals surface area (Å²) >= 11 is 0. The molecule has 2 atom stereocenters. The molecular formula is C15H22ClN3O4S. The second kappa shape index (κ2) is 7.35. The Labute approximate surface area is 148 Å². The van der Waals surface area contributed by atoms with Gasteiger partial charge in [0.1, 0.15) is 0 Å². The van der Waals surface area contributed by atoms with Gasteiger partial charge < -0.3 is 5.32 Å². The fraction of sp³-hybridized carbons (Fsp3) is 0.600. The summed E-state index contributed by atoms with van der Waals surface area (Å²) in [6.45, 7) is 2.75. The van der Waals surface area contributed by atoms with Crippen molar-refractivity contribution in [3.63, 3.8) is 0 Å². The summed E-state index contributed by atoms with van der Waals surface area (Å²) in [5, 5.41) is 14.5. The number of fused-ring (bicyclic) bond motifs is 2. The first-order valence-electron chi connectivity index (χ1n) is 7.95. The number of nitro benzene ring substituents is 1. The summed E-state index contributed by atoms with van der Waals surface area (Å²) in [4.78, 5) is 10.5. The van der Waals surface area contributed by atoms with E-state index in [2.05, 4.69) is 5.32 Å². The van der Waals surface area contributed by atoms with Gasteiger partial charge in [-0.1, -0.05) is 13.0 Å². The lowest BCUT2D eigenvalue weighted by Crippen LogP contribution is -2.39. The van der Waals surface area contributed by atoms with Gasteiger partial charge in [-0.05, 0) is 31.2 Å². The molecule has 0 radical (unpaired) electrons. The average Bonchev–Trinajstić information content (AvgIpc) is 2.84. The van der Waals surface area contributed by atoms with E-state index in [1.54, 1.807) is 6.07 Å². The lowest BCUT2D eigenvalue weighted by molar-refractivity contribution is -0.385. The zero-order valence-corrected chi connectivity index (χ0v) is 15.1. The molecule has 0 aromatic heterocycles. The summed E-state index contributed by atoms with van der Waals surface area (Å²) < 4.78 is 27.6. The Morgan fingerprint density at radius 3 is 2.67 bits per heavy atom. The second-order valence-corrected chi connectivity index (χ2v) is 8.10. The minimum Gasteiger partial charge on any atom is -0.310 e. The van der Waals surface area contributed by atoms with E-state index < -0.39 is 14.9 Å². The molecule has 2 heterocycles. The Morgan fingerprint density at radius 2 is 2.00 bits per heavy atom. The number of halogens is 1. The number of rotatable bonds is 4. The van der Waals surface area contributed by atoms with Crippen LogP contribution < -0.4 is 5.32 Å². The van der Waals surface area contributed by atoms with E-state index in [1.807, 2.05) is 6.92 Å². The van der Waals surface area contributed by atoms with Crippen LogP contribution in [0.25, 0.3) is 0 Å². The Hall–Kier alpha value is -1.22. The van der Waals surface area contributed by atoms with Crippen LogP contribution in [0.4, 0.5) is 5.69 Å². The molecule has 2 aliphatic rings. The summed E-state index contributed by atoms with van der Waals surface area (Å²) in [5.74, 6) is 0. The van der Waals surface area contributed by atoms with Crippen molar-refractivity contribution >= 4 is 28.1 Å². The van der Waals surface area contributed by atoms with E-state index in [0.29, 0.717) is 31.1 Å². The molecule has 9 heteroatoms. The number of hydrogen-bond donors (Lipinski definition) is 1.